The van der Waals surface area contributed by atoms with Crippen molar-refractivity contribution >= 4 is 0 Å². The van der Waals surface area contributed by atoms with Crippen LogP contribution >= 0.6 is 0 Å². The molecule has 2 heterocycles. The van der Waals surface area contributed by atoms with Crippen molar-refractivity contribution in [2.45, 2.75) is 63.3 Å². The molecule has 0 aromatic heterocycles. The van der Waals surface area contributed by atoms with Crippen LogP contribution in [0.25, 0.3) is 0 Å². The van der Waals surface area contributed by atoms with Crippen LogP contribution in [0.3, 0.4) is 0 Å². The highest BCUT2D eigenvalue weighted by atomic mass is 16.5. The molecule has 2 N–H and O–H groups in total. The van der Waals surface area contributed by atoms with E-state index in [1.807, 2.05) is 0 Å². The lowest BCUT2D eigenvalue weighted by atomic mass is 9.96. The van der Waals surface area contributed by atoms with Gasteiger partial charge in [0.05, 0.1) is 5.60 Å². The first kappa shape index (κ1) is 11.4. The lowest BCUT2D eigenvalue weighted by molar-refractivity contribution is -0.0290. The minimum atomic E-state index is -0.0255. The van der Waals surface area contributed by atoms with E-state index in [1.54, 1.807) is 7.11 Å². The average Bonchev–Trinajstić information content (AvgIpc) is 2.42. The smallest absolute Gasteiger partial charge is 0.0749 e. The summed E-state index contributed by atoms with van der Waals surface area (Å²) >= 11 is 0. The monoisotopic (exact) mass is 212 g/mol. The van der Waals surface area contributed by atoms with Gasteiger partial charge in [0.2, 0.25) is 0 Å². The maximum Gasteiger partial charge on any atom is 0.0749 e. The Balaban J connectivity index is 1.99. The number of nitrogens with zero attached hydrogens (tertiary/aromatic N) is 1. The van der Waals surface area contributed by atoms with E-state index in [9.17, 15) is 0 Å². The Morgan fingerprint density at radius 2 is 1.80 bits per heavy atom. The van der Waals surface area contributed by atoms with Crippen molar-refractivity contribution in [2.75, 3.05) is 13.7 Å². The van der Waals surface area contributed by atoms with Gasteiger partial charge in [0.15, 0.2) is 0 Å². The molecule has 15 heavy (non-hydrogen) atoms. The fourth-order valence-corrected chi connectivity index (χ4v) is 3.08. The first-order valence-electron chi connectivity index (χ1n) is 6.08. The molecule has 3 heteroatoms. The van der Waals surface area contributed by atoms with Gasteiger partial charge in [-0.2, -0.15) is 0 Å². The van der Waals surface area contributed by atoms with Crippen LogP contribution in [0, 0.1) is 0 Å². The van der Waals surface area contributed by atoms with E-state index in [4.69, 9.17) is 10.5 Å². The summed E-state index contributed by atoms with van der Waals surface area (Å²) in [6, 6.07) is 1.87. The van der Waals surface area contributed by atoms with Gasteiger partial charge in [-0.25, -0.2) is 0 Å². The number of rotatable bonds is 3. The van der Waals surface area contributed by atoms with Crippen LogP contribution in [0.5, 0.6) is 0 Å². The van der Waals surface area contributed by atoms with Crippen molar-refractivity contribution in [1.82, 2.24) is 4.90 Å². The molecule has 0 spiro atoms. The number of ether oxygens (including phenoxy) is 1. The highest BCUT2D eigenvalue weighted by Gasteiger charge is 2.41. The van der Waals surface area contributed by atoms with Crippen LogP contribution in [0.15, 0.2) is 0 Å². The zero-order valence-corrected chi connectivity index (χ0v) is 10.2. The van der Waals surface area contributed by atoms with Crippen LogP contribution < -0.4 is 5.73 Å². The topological polar surface area (TPSA) is 38.5 Å². The van der Waals surface area contributed by atoms with E-state index in [1.165, 1.54) is 25.7 Å². The van der Waals surface area contributed by atoms with Crippen molar-refractivity contribution in [2.24, 2.45) is 5.73 Å². The Morgan fingerprint density at radius 3 is 2.27 bits per heavy atom. The summed E-state index contributed by atoms with van der Waals surface area (Å²) in [5, 5.41) is 0. The Labute approximate surface area is 93.0 Å². The Hall–Kier alpha value is -0.120. The fraction of sp³-hybridized carbons (Fsp3) is 1.00. The number of methoxy groups -OCH3 is 1. The summed E-state index contributed by atoms with van der Waals surface area (Å²) in [5.74, 6) is 0. The van der Waals surface area contributed by atoms with Gasteiger partial charge in [0.1, 0.15) is 0 Å². The predicted molar refractivity (Wildman–Crippen MR) is 61.8 cm³/mol. The minimum absolute atomic E-state index is 0.0255. The van der Waals surface area contributed by atoms with Crippen LogP contribution in [0.2, 0.25) is 0 Å². The third-order valence-electron chi connectivity index (χ3n) is 4.04. The average molecular weight is 212 g/mol. The van der Waals surface area contributed by atoms with E-state index in [-0.39, 0.29) is 5.60 Å². The second-order valence-electron chi connectivity index (χ2n) is 5.75. The van der Waals surface area contributed by atoms with Crippen molar-refractivity contribution in [3.63, 3.8) is 0 Å². The van der Waals surface area contributed by atoms with Gasteiger partial charge in [0.25, 0.3) is 0 Å². The molecule has 2 aliphatic rings. The van der Waals surface area contributed by atoms with Crippen LogP contribution in [-0.4, -0.2) is 42.3 Å². The highest BCUT2D eigenvalue weighted by Crippen LogP contribution is 2.36. The molecular formula is C12H24N2O. The third kappa shape index (κ3) is 2.35. The highest BCUT2D eigenvalue weighted by molar-refractivity contribution is 4.98. The molecule has 2 unspecified atom stereocenters. The summed E-state index contributed by atoms with van der Waals surface area (Å²) in [5.41, 5.74) is 6.03. The zero-order valence-electron chi connectivity index (χ0n) is 10.2. The Kier molecular flexibility index (Phi) is 3.06. The van der Waals surface area contributed by atoms with Crippen molar-refractivity contribution in [3.8, 4) is 0 Å². The predicted octanol–water partition coefficient (Wildman–Crippen LogP) is 1.37. The first-order valence-corrected chi connectivity index (χ1v) is 6.08. The standard InChI is InChI=1S/C12H24N2O/c1-12(2,15-3)8-14-10-4-5-11(14)7-9(13)6-10/h9-11H,4-8,13H2,1-3H3. The summed E-state index contributed by atoms with van der Waals surface area (Å²) in [4.78, 5) is 2.63. The van der Waals surface area contributed by atoms with Crippen molar-refractivity contribution < 1.29 is 4.74 Å². The minimum Gasteiger partial charge on any atom is -0.377 e. The van der Waals surface area contributed by atoms with E-state index in [0.29, 0.717) is 18.1 Å². The van der Waals surface area contributed by atoms with Gasteiger partial charge in [-0.3, -0.25) is 4.90 Å². The largest absolute Gasteiger partial charge is 0.377 e. The molecule has 3 nitrogen and oxygen atoms in total. The van der Waals surface area contributed by atoms with Crippen molar-refractivity contribution in [3.05, 3.63) is 0 Å². The molecule has 2 bridgehead atoms. The molecule has 2 fully saturated rings. The first-order chi connectivity index (χ1) is 7.02. The third-order valence-corrected chi connectivity index (χ3v) is 4.04. The maximum atomic E-state index is 6.06. The molecular weight excluding hydrogens is 188 g/mol. The van der Waals surface area contributed by atoms with Gasteiger partial charge >= 0.3 is 0 Å². The maximum absolute atomic E-state index is 6.06. The molecule has 88 valence electrons. The molecule has 0 aliphatic carbocycles. The van der Waals surface area contributed by atoms with E-state index < -0.39 is 0 Å². The van der Waals surface area contributed by atoms with E-state index in [0.717, 1.165) is 6.54 Å². The second kappa shape index (κ2) is 4.04. The Bertz CT molecular complexity index is 216. The summed E-state index contributed by atoms with van der Waals surface area (Å²) in [6.45, 7) is 5.38. The fourth-order valence-electron chi connectivity index (χ4n) is 3.08. The van der Waals surface area contributed by atoms with E-state index in [2.05, 4.69) is 18.7 Å². The van der Waals surface area contributed by atoms with Gasteiger partial charge in [-0.1, -0.05) is 0 Å². The van der Waals surface area contributed by atoms with Gasteiger partial charge < -0.3 is 10.5 Å². The Morgan fingerprint density at radius 1 is 1.27 bits per heavy atom. The summed E-state index contributed by atoms with van der Waals surface area (Å²) in [6.07, 6.45) is 5.02. The lowest BCUT2D eigenvalue weighted by Crippen LogP contribution is -2.52. The number of hydrogen-bond acceptors (Lipinski definition) is 3. The molecule has 0 amide bonds. The SMILES string of the molecule is COC(C)(C)CN1C2CCC1CC(N)C2. The summed E-state index contributed by atoms with van der Waals surface area (Å²) in [7, 11) is 1.80. The normalized spacial score (nSPS) is 37.2. The molecule has 2 aliphatic heterocycles. The molecule has 2 atom stereocenters. The number of piperidine rings is 1. The molecule has 0 saturated carbocycles. The van der Waals surface area contributed by atoms with Gasteiger partial charge in [-0.05, 0) is 39.5 Å². The van der Waals surface area contributed by atoms with Crippen LogP contribution in [-0.2, 0) is 4.74 Å². The van der Waals surface area contributed by atoms with Crippen molar-refractivity contribution in [1.29, 1.82) is 0 Å². The quantitative estimate of drug-likeness (QED) is 0.768. The van der Waals surface area contributed by atoms with Gasteiger partial charge in [-0.15, -0.1) is 0 Å². The number of nitrogens with two attached hydrogens (primary N) is 1. The van der Waals surface area contributed by atoms with Gasteiger partial charge in [0, 0.05) is 31.8 Å². The molecule has 0 aromatic carbocycles. The molecule has 0 aromatic rings. The zero-order chi connectivity index (χ0) is 11.1. The second-order valence-corrected chi connectivity index (χ2v) is 5.75. The molecule has 0 radical (unpaired) electrons. The molecule has 2 saturated heterocycles. The van der Waals surface area contributed by atoms with Crippen LogP contribution in [0.1, 0.15) is 39.5 Å². The number of fused-ring (bicyclic) bond motifs is 2. The lowest BCUT2D eigenvalue weighted by Gasteiger charge is -2.41. The van der Waals surface area contributed by atoms with E-state index >= 15 is 0 Å². The summed E-state index contributed by atoms with van der Waals surface area (Å²) < 4.78 is 5.52. The van der Waals surface area contributed by atoms with Crippen LogP contribution in [0.4, 0.5) is 0 Å². The molecule has 2 rings (SSSR count). The number of hydrogen-bond donors (Lipinski definition) is 1.